The number of nitrogens with one attached hydrogen (secondary N) is 1. The lowest BCUT2D eigenvalue weighted by Crippen LogP contribution is -2.45. The van der Waals surface area contributed by atoms with Crippen molar-refractivity contribution in [1.82, 2.24) is 0 Å². The van der Waals surface area contributed by atoms with Gasteiger partial charge in [0.2, 0.25) is 0 Å². The molecular weight excluding hydrogens is 226 g/mol. The van der Waals surface area contributed by atoms with Gasteiger partial charge in [-0.25, -0.2) is 8.78 Å². The number of rotatable bonds is 4. The Morgan fingerprint density at radius 1 is 1.35 bits per heavy atom. The zero-order valence-corrected chi connectivity index (χ0v) is 9.72. The second-order valence-electron chi connectivity index (χ2n) is 4.45. The summed E-state index contributed by atoms with van der Waals surface area (Å²) >= 11 is 0. The van der Waals surface area contributed by atoms with Gasteiger partial charge in [-0.15, -0.1) is 0 Å². The van der Waals surface area contributed by atoms with Gasteiger partial charge in [-0.2, -0.15) is 0 Å². The number of hydrogen-bond acceptors (Lipinski definition) is 3. The van der Waals surface area contributed by atoms with E-state index < -0.39 is 11.6 Å². The van der Waals surface area contributed by atoms with Crippen LogP contribution in [0.2, 0.25) is 0 Å². The molecule has 2 rings (SSSR count). The lowest BCUT2D eigenvalue weighted by molar-refractivity contribution is -0.0601. The van der Waals surface area contributed by atoms with E-state index >= 15 is 0 Å². The summed E-state index contributed by atoms with van der Waals surface area (Å²) in [5, 5.41) is 2.77. The smallest absolute Gasteiger partial charge is 0.151 e. The summed E-state index contributed by atoms with van der Waals surface area (Å²) in [5.41, 5.74) is 5.01. The highest BCUT2D eigenvalue weighted by atomic mass is 19.1. The van der Waals surface area contributed by atoms with Crippen LogP contribution in [0, 0.1) is 11.6 Å². The summed E-state index contributed by atoms with van der Waals surface area (Å²) in [6.45, 7) is 0.404. The molecule has 0 spiro atoms. The Morgan fingerprint density at radius 2 is 1.94 bits per heavy atom. The molecular formula is C12H16F2N2O. The lowest BCUT2D eigenvalue weighted by atomic mass is 9.80. The fourth-order valence-corrected chi connectivity index (χ4v) is 2.04. The SMILES string of the molecule is COC1(CNc2c(F)cc(N)cc2F)CCC1. The fourth-order valence-electron chi connectivity index (χ4n) is 2.04. The molecule has 0 atom stereocenters. The Morgan fingerprint density at radius 3 is 2.35 bits per heavy atom. The first-order chi connectivity index (χ1) is 8.06. The molecule has 1 aliphatic rings. The third-order valence-corrected chi connectivity index (χ3v) is 3.35. The molecule has 1 aromatic carbocycles. The van der Waals surface area contributed by atoms with Crippen molar-refractivity contribution in [1.29, 1.82) is 0 Å². The summed E-state index contributed by atoms with van der Waals surface area (Å²) in [5.74, 6) is -1.35. The van der Waals surface area contributed by atoms with Gasteiger partial charge in [-0.1, -0.05) is 0 Å². The maximum atomic E-state index is 13.5. The minimum Gasteiger partial charge on any atom is -0.399 e. The van der Waals surface area contributed by atoms with Gasteiger partial charge >= 0.3 is 0 Å². The molecule has 0 amide bonds. The van der Waals surface area contributed by atoms with E-state index in [4.69, 9.17) is 10.5 Å². The fraction of sp³-hybridized carbons (Fsp3) is 0.500. The van der Waals surface area contributed by atoms with Crippen LogP contribution in [0.5, 0.6) is 0 Å². The summed E-state index contributed by atoms with van der Waals surface area (Å²) < 4.78 is 32.3. The van der Waals surface area contributed by atoms with Crippen LogP contribution in [-0.4, -0.2) is 19.3 Å². The van der Waals surface area contributed by atoms with Gasteiger partial charge in [0, 0.05) is 19.3 Å². The van der Waals surface area contributed by atoms with E-state index in [1.54, 1.807) is 7.11 Å². The normalized spacial score (nSPS) is 17.6. The van der Waals surface area contributed by atoms with E-state index in [0.717, 1.165) is 31.4 Å². The monoisotopic (exact) mass is 242 g/mol. The van der Waals surface area contributed by atoms with Gasteiger partial charge in [-0.3, -0.25) is 0 Å². The average molecular weight is 242 g/mol. The van der Waals surface area contributed by atoms with Crippen molar-refractivity contribution in [3.05, 3.63) is 23.8 Å². The molecule has 0 heterocycles. The lowest BCUT2D eigenvalue weighted by Gasteiger charge is -2.40. The van der Waals surface area contributed by atoms with E-state index in [-0.39, 0.29) is 17.0 Å². The second-order valence-corrected chi connectivity index (χ2v) is 4.45. The van der Waals surface area contributed by atoms with Crippen molar-refractivity contribution in [2.24, 2.45) is 0 Å². The number of anilines is 2. The molecule has 3 N–H and O–H groups in total. The molecule has 1 aromatic rings. The molecule has 1 saturated carbocycles. The van der Waals surface area contributed by atoms with Gasteiger partial charge in [-0.05, 0) is 31.4 Å². The van der Waals surface area contributed by atoms with Crippen LogP contribution >= 0.6 is 0 Å². The third-order valence-electron chi connectivity index (χ3n) is 3.35. The van der Waals surface area contributed by atoms with E-state index in [1.165, 1.54) is 0 Å². The highest BCUT2D eigenvalue weighted by Gasteiger charge is 2.37. The Bertz CT molecular complexity index is 390. The Labute approximate surface area is 98.9 Å². The maximum Gasteiger partial charge on any atom is 0.151 e. The van der Waals surface area contributed by atoms with Crippen molar-refractivity contribution in [2.75, 3.05) is 24.7 Å². The van der Waals surface area contributed by atoms with Crippen molar-refractivity contribution >= 4 is 11.4 Å². The standard InChI is InChI=1S/C12H16F2N2O/c1-17-12(3-2-4-12)7-16-11-9(13)5-8(15)6-10(11)14/h5-6,16H,2-4,7,15H2,1H3. The number of nitrogen functional groups attached to an aromatic ring is 1. The molecule has 94 valence electrons. The minimum absolute atomic E-state index is 0.0793. The minimum atomic E-state index is -0.673. The first kappa shape index (κ1) is 12.1. The summed E-state index contributed by atoms with van der Waals surface area (Å²) in [7, 11) is 1.62. The van der Waals surface area contributed by atoms with Gasteiger partial charge in [0.15, 0.2) is 11.6 Å². The van der Waals surface area contributed by atoms with Gasteiger partial charge < -0.3 is 15.8 Å². The number of methoxy groups -OCH3 is 1. The van der Waals surface area contributed by atoms with Crippen LogP contribution in [0.4, 0.5) is 20.2 Å². The van der Waals surface area contributed by atoms with Gasteiger partial charge in [0.25, 0.3) is 0 Å². The number of hydrogen-bond donors (Lipinski definition) is 2. The van der Waals surface area contributed by atoms with E-state index in [2.05, 4.69) is 5.32 Å². The highest BCUT2D eigenvalue weighted by molar-refractivity contribution is 5.54. The Balaban J connectivity index is 2.09. The van der Waals surface area contributed by atoms with Crippen LogP contribution in [0.3, 0.4) is 0 Å². The predicted molar refractivity (Wildman–Crippen MR) is 62.9 cm³/mol. The maximum absolute atomic E-state index is 13.5. The van der Waals surface area contributed by atoms with Crippen LogP contribution < -0.4 is 11.1 Å². The zero-order valence-electron chi connectivity index (χ0n) is 9.72. The summed E-state index contributed by atoms with van der Waals surface area (Å²) in [4.78, 5) is 0. The van der Waals surface area contributed by atoms with Gasteiger partial charge in [0.1, 0.15) is 5.69 Å². The molecule has 17 heavy (non-hydrogen) atoms. The largest absolute Gasteiger partial charge is 0.399 e. The van der Waals surface area contributed by atoms with Crippen LogP contribution in [0.1, 0.15) is 19.3 Å². The third kappa shape index (κ3) is 2.34. The topological polar surface area (TPSA) is 47.3 Å². The highest BCUT2D eigenvalue weighted by Crippen LogP contribution is 2.35. The Hall–Kier alpha value is -1.36. The number of benzene rings is 1. The number of nitrogens with two attached hydrogens (primary N) is 1. The van der Waals surface area contributed by atoms with Gasteiger partial charge in [0.05, 0.1) is 5.60 Å². The molecule has 0 radical (unpaired) electrons. The van der Waals surface area contributed by atoms with Crippen molar-refractivity contribution in [2.45, 2.75) is 24.9 Å². The first-order valence-electron chi connectivity index (χ1n) is 5.60. The Kier molecular flexibility index (Phi) is 3.19. The van der Waals surface area contributed by atoms with E-state index in [1.807, 2.05) is 0 Å². The van der Waals surface area contributed by atoms with Crippen LogP contribution in [-0.2, 0) is 4.74 Å². The number of ether oxygens (including phenoxy) is 1. The molecule has 1 fully saturated rings. The molecule has 0 unspecified atom stereocenters. The molecule has 0 bridgehead atoms. The molecule has 1 aliphatic carbocycles. The quantitative estimate of drug-likeness (QED) is 0.797. The van der Waals surface area contributed by atoms with Crippen molar-refractivity contribution in [3.8, 4) is 0 Å². The number of halogens is 2. The zero-order chi connectivity index (χ0) is 12.5. The van der Waals surface area contributed by atoms with Crippen molar-refractivity contribution in [3.63, 3.8) is 0 Å². The molecule has 3 nitrogen and oxygen atoms in total. The summed E-state index contributed by atoms with van der Waals surface area (Å²) in [6, 6.07) is 2.21. The predicted octanol–water partition coefficient (Wildman–Crippen LogP) is 2.53. The summed E-state index contributed by atoms with van der Waals surface area (Å²) in [6.07, 6.45) is 2.91. The molecule has 0 saturated heterocycles. The van der Waals surface area contributed by atoms with E-state index in [0.29, 0.717) is 6.54 Å². The molecule has 0 aromatic heterocycles. The van der Waals surface area contributed by atoms with Crippen LogP contribution in [0.25, 0.3) is 0 Å². The molecule has 0 aliphatic heterocycles. The average Bonchev–Trinajstić information content (AvgIpc) is 2.19. The van der Waals surface area contributed by atoms with Crippen molar-refractivity contribution < 1.29 is 13.5 Å². The molecule has 5 heteroatoms. The first-order valence-corrected chi connectivity index (χ1v) is 5.60. The van der Waals surface area contributed by atoms with E-state index in [9.17, 15) is 8.78 Å². The second kappa shape index (κ2) is 4.49. The van der Waals surface area contributed by atoms with Crippen LogP contribution in [0.15, 0.2) is 12.1 Å².